The molecule has 4 aromatic carbocycles. The summed E-state index contributed by atoms with van der Waals surface area (Å²) in [5.74, 6) is -0.00834. The van der Waals surface area contributed by atoms with Crippen LogP contribution in [0.3, 0.4) is 0 Å². The minimum absolute atomic E-state index is 0.00732. The highest BCUT2D eigenvalue weighted by Crippen LogP contribution is 2.33. The zero-order valence-corrected chi connectivity index (χ0v) is 23.3. The second kappa shape index (κ2) is 12.3. The zero-order valence-electron chi connectivity index (χ0n) is 21.7. The summed E-state index contributed by atoms with van der Waals surface area (Å²) in [4.78, 5) is 27.6. The molecular weight excluding hydrogens is 566 g/mol. The van der Waals surface area contributed by atoms with Gasteiger partial charge in [0.1, 0.15) is 11.5 Å². The van der Waals surface area contributed by atoms with E-state index < -0.39 is 16.1 Å². The van der Waals surface area contributed by atoms with Crippen LogP contribution < -0.4 is 24.4 Å². The number of sulfonamides is 1. The van der Waals surface area contributed by atoms with Crippen molar-refractivity contribution in [1.29, 1.82) is 0 Å². The number of para-hydroxylation sites is 2. The van der Waals surface area contributed by atoms with E-state index in [-0.39, 0.29) is 29.9 Å². The van der Waals surface area contributed by atoms with E-state index >= 15 is 0 Å². The lowest BCUT2D eigenvalue weighted by Crippen LogP contribution is -2.51. The second-order valence-corrected chi connectivity index (χ2v) is 11.3. The molecule has 41 heavy (non-hydrogen) atoms. The van der Waals surface area contributed by atoms with Gasteiger partial charge in [-0.15, -0.1) is 0 Å². The number of nitrogens with zero attached hydrogens (tertiary/aromatic N) is 1. The molecule has 0 aromatic heterocycles. The number of rotatable bonds is 9. The van der Waals surface area contributed by atoms with Gasteiger partial charge in [-0.05, 0) is 66.2 Å². The SMILES string of the molecule is O=C(NCc1ccccc1)C1CN(C(=O)COc2ccc(S(=O)(=O)Nc3ccc(Cl)cc3)cc2)c2ccccc2O1. The molecule has 9 nitrogen and oxygen atoms in total. The Morgan fingerprint density at radius 3 is 2.32 bits per heavy atom. The predicted molar refractivity (Wildman–Crippen MR) is 156 cm³/mol. The molecule has 0 bridgehead atoms. The summed E-state index contributed by atoms with van der Waals surface area (Å²) in [5, 5.41) is 3.35. The topological polar surface area (TPSA) is 114 Å². The first kappa shape index (κ1) is 28.0. The predicted octanol–water partition coefficient (Wildman–Crippen LogP) is 4.63. The Bertz CT molecular complexity index is 1630. The first-order valence-corrected chi connectivity index (χ1v) is 14.5. The van der Waals surface area contributed by atoms with Gasteiger partial charge in [-0.3, -0.25) is 14.3 Å². The molecule has 2 amide bonds. The number of carbonyl (C=O) groups excluding carboxylic acids is 2. The molecule has 0 aliphatic carbocycles. The number of hydrogen-bond acceptors (Lipinski definition) is 6. The maximum atomic E-state index is 13.2. The van der Waals surface area contributed by atoms with Crippen molar-refractivity contribution in [1.82, 2.24) is 5.32 Å². The largest absolute Gasteiger partial charge is 0.484 e. The van der Waals surface area contributed by atoms with Gasteiger partial charge < -0.3 is 19.7 Å². The van der Waals surface area contributed by atoms with E-state index in [1.54, 1.807) is 48.5 Å². The van der Waals surface area contributed by atoms with Gasteiger partial charge in [0.05, 0.1) is 17.1 Å². The van der Waals surface area contributed by atoms with Crippen LogP contribution in [-0.2, 0) is 26.2 Å². The molecule has 11 heteroatoms. The van der Waals surface area contributed by atoms with Gasteiger partial charge in [-0.2, -0.15) is 0 Å². The molecule has 210 valence electrons. The zero-order chi connectivity index (χ0) is 28.8. The highest BCUT2D eigenvalue weighted by atomic mass is 35.5. The number of amides is 2. The Balaban J connectivity index is 1.21. The first-order chi connectivity index (χ1) is 19.8. The number of carbonyl (C=O) groups is 2. The molecule has 0 saturated carbocycles. The number of nitrogens with one attached hydrogen (secondary N) is 2. The Labute approximate surface area is 242 Å². The smallest absolute Gasteiger partial charge is 0.265 e. The summed E-state index contributed by atoms with van der Waals surface area (Å²) < 4.78 is 39.5. The maximum absolute atomic E-state index is 13.2. The summed E-state index contributed by atoms with van der Waals surface area (Å²) in [6, 6.07) is 28.4. The van der Waals surface area contributed by atoms with Crippen molar-refractivity contribution in [3.8, 4) is 11.5 Å². The van der Waals surface area contributed by atoms with E-state index in [2.05, 4.69) is 10.0 Å². The van der Waals surface area contributed by atoms with Gasteiger partial charge in [0.15, 0.2) is 12.7 Å². The highest BCUT2D eigenvalue weighted by Gasteiger charge is 2.33. The fourth-order valence-electron chi connectivity index (χ4n) is 4.18. The number of hydrogen-bond donors (Lipinski definition) is 2. The van der Waals surface area contributed by atoms with Crippen LogP contribution in [0.1, 0.15) is 5.56 Å². The average Bonchev–Trinajstić information content (AvgIpc) is 3.00. The van der Waals surface area contributed by atoms with Crippen LogP contribution in [0.25, 0.3) is 0 Å². The van der Waals surface area contributed by atoms with E-state index in [0.29, 0.717) is 34.4 Å². The first-order valence-electron chi connectivity index (χ1n) is 12.7. The van der Waals surface area contributed by atoms with E-state index in [1.807, 2.05) is 30.3 Å². The van der Waals surface area contributed by atoms with Crippen LogP contribution in [0.4, 0.5) is 11.4 Å². The van der Waals surface area contributed by atoms with Gasteiger partial charge >= 0.3 is 0 Å². The van der Waals surface area contributed by atoms with Crippen molar-refractivity contribution in [3.05, 3.63) is 114 Å². The third-order valence-corrected chi connectivity index (χ3v) is 7.92. The summed E-state index contributed by atoms with van der Waals surface area (Å²) in [5.41, 5.74) is 1.85. The standard InChI is InChI=1S/C30H26ClN3O6S/c31-22-10-12-23(13-11-22)33-41(37,38)25-16-14-24(15-17-25)39-20-29(35)34-19-28(40-27-9-5-4-8-26(27)34)30(36)32-18-21-6-2-1-3-7-21/h1-17,28,33H,18-20H2,(H,32,36). The maximum Gasteiger partial charge on any atom is 0.265 e. The van der Waals surface area contributed by atoms with Gasteiger partial charge in [-0.25, -0.2) is 8.42 Å². The molecular formula is C30H26ClN3O6S. The van der Waals surface area contributed by atoms with Crippen molar-refractivity contribution in [2.24, 2.45) is 0 Å². The van der Waals surface area contributed by atoms with Crippen molar-refractivity contribution in [2.45, 2.75) is 17.5 Å². The molecule has 1 aliphatic heterocycles. The Hall–Kier alpha value is -4.54. The summed E-state index contributed by atoms with van der Waals surface area (Å²) in [7, 11) is -3.84. The number of ether oxygens (including phenoxy) is 2. The third-order valence-electron chi connectivity index (χ3n) is 6.27. The molecule has 0 fully saturated rings. The van der Waals surface area contributed by atoms with Gasteiger partial charge in [0, 0.05) is 17.3 Å². The molecule has 1 heterocycles. The van der Waals surface area contributed by atoms with Crippen LogP contribution in [0.5, 0.6) is 11.5 Å². The van der Waals surface area contributed by atoms with Crippen molar-refractivity contribution in [3.63, 3.8) is 0 Å². The lowest BCUT2D eigenvalue weighted by Gasteiger charge is -2.34. The summed E-state index contributed by atoms with van der Waals surface area (Å²) in [6.45, 7) is 0.00829. The molecule has 0 saturated heterocycles. The number of halogens is 1. The minimum atomic E-state index is -3.84. The van der Waals surface area contributed by atoms with E-state index in [4.69, 9.17) is 21.1 Å². The van der Waals surface area contributed by atoms with E-state index in [0.717, 1.165) is 5.56 Å². The normalized spacial score (nSPS) is 14.4. The van der Waals surface area contributed by atoms with Gasteiger partial charge in [-0.1, -0.05) is 54.1 Å². The molecule has 1 aliphatic rings. The van der Waals surface area contributed by atoms with Crippen LogP contribution in [0.15, 0.2) is 108 Å². The average molecular weight is 592 g/mol. The molecule has 0 spiro atoms. The lowest BCUT2D eigenvalue weighted by molar-refractivity contribution is -0.128. The quantitative estimate of drug-likeness (QED) is 0.293. The fraction of sp³-hybridized carbons (Fsp3) is 0.133. The molecule has 5 rings (SSSR count). The van der Waals surface area contributed by atoms with Crippen LogP contribution in [0, 0.1) is 0 Å². The van der Waals surface area contributed by atoms with Gasteiger partial charge in [0.2, 0.25) is 0 Å². The molecule has 4 aromatic rings. The van der Waals surface area contributed by atoms with E-state index in [1.165, 1.54) is 29.2 Å². The van der Waals surface area contributed by atoms with Crippen molar-refractivity contribution in [2.75, 3.05) is 22.8 Å². The van der Waals surface area contributed by atoms with Crippen LogP contribution in [0.2, 0.25) is 5.02 Å². The summed E-state index contributed by atoms with van der Waals surface area (Å²) in [6.07, 6.45) is -0.907. The molecule has 1 atom stereocenters. The fourth-order valence-corrected chi connectivity index (χ4v) is 5.36. The lowest BCUT2D eigenvalue weighted by atomic mass is 10.1. The Kier molecular flexibility index (Phi) is 8.42. The summed E-state index contributed by atoms with van der Waals surface area (Å²) >= 11 is 5.86. The highest BCUT2D eigenvalue weighted by molar-refractivity contribution is 7.92. The Morgan fingerprint density at radius 2 is 1.59 bits per heavy atom. The van der Waals surface area contributed by atoms with E-state index in [9.17, 15) is 18.0 Å². The number of anilines is 2. The molecule has 2 N–H and O–H groups in total. The number of benzene rings is 4. The van der Waals surface area contributed by atoms with Crippen LogP contribution in [-0.4, -0.2) is 39.5 Å². The van der Waals surface area contributed by atoms with Crippen LogP contribution >= 0.6 is 11.6 Å². The van der Waals surface area contributed by atoms with Crippen molar-refractivity contribution < 1.29 is 27.5 Å². The minimum Gasteiger partial charge on any atom is -0.484 e. The Morgan fingerprint density at radius 1 is 0.902 bits per heavy atom. The molecule has 1 unspecified atom stereocenters. The third kappa shape index (κ3) is 6.97. The van der Waals surface area contributed by atoms with Gasteiger partial charge in [0.25, 0.3) is 21.8 Å². The number of fused-ring (bicyclic) bond motifs is 1. The molecule has 0 radical (unpaired) electrons. The second-order valence-electron chi connectivity index (χ2n) is 9.15. The van der Waals surface area contributed by atoms with Crippen molar-refractivity contribution >= 4 is 44.8 Å². The monoisotopic (exact) mass is 591 g/mol.